The van der Waals surface area contributed by atoms with Gasteiger partial charge < -0.3 is 10.0 Å². The maximum absolute atomic E-state index is 10.0. The third-order valence-electron chi connectivity index (χ3n) is 5.09. The van der Waals surface area contributed by atoms with E-state index < -0.39 is 0 Å². The topological polar surface area (TPSA) is 53.7 Å². The van der Waals surface area contributed by atoms with Gasteiger partial charge in [0, 0.05) is 41.9 Å². The SMILES string of the molecule is Cc1cc(N2CCC[C@H](O)C2)n2nc(C(C)c3ccc(Cl)cc3)cc2n1. The summed E-state index contributed by atoms with van der Waals surface area (Å²) < 4.78 is 1.91. The summed E-state index contributed by atoms with van der Waals surface area (Å²) in [6.07, 6.45) is 1.57. The molecular formula is C20H23ClN4O. The lowest BCUT2D eigenvalue weighted by molar-refractivity contribution is 0.153. The van der Waals surface area contributed by atoms with Gasteiger partial charge in [0.1, 0.15) is 5.82 Å². The van der Waals surface area contributed by atoms with Gasteiger partial charge in [-0.25, -0.2) is 4.98 Å². The summed E-state index contributed by atoms with van der Waals surface area (Å²) in [5, 5.41) is 15.6. The molecular weight excluding hydrogens is 348 g/mol. The predicted octanol–water partition coefficient (Wildman–Crippen LogP) is 3.80. The number of aryl methyl sites for hydroxylation is 1. The van der Waals surface area contributed by atoms with Crippen LogP contribution in [0.3, 0.4) is 0 Å². The van der Waals surface area contributed by atoms with Gasteiger partial charge in [-0.1, -0.05) is 30.7 Å². The first kappa shape index (κ1) is 17.3. The standard InChI is InChI=1S/C20H23ClN4O/c1-13-10-20(24-9-3-4-17(26)12-24)25-19(22-13)11-18(23-25)14(2)15-5-7-16(21)8-6-15/h5-8,10-11,14,17,26H,3-4,9,12H2,1-2H3/t14?,17-/m0/s1. The molecule has 6 heteroatoms. The fourth-order valence-corrected chi connectivity index (χ4v) is 3.75. The van der Waals surface area contributed by atoms with Gasteiger partial charge in [0.25, 0.3) is 0 Å². The normalized spacial score (nSPS) is 19.1. The van der Waals surface area contributed by atoms with Crippen LogP contribution in [0.1, 0.15) is 42.6 Å². The van der Waals surface area contributed by atoms with E-state index in [9.17, 15) is 5.11 Å². The number of hydrogen-bond acceptors (Lipinski definition) is 4. The fourth-order valence-electron chi connectivity index (χ4n) is 3.62. The van der Waals surface area contributed by atoms with Gasteiger partial charge in [-0.05, 0) is 37.5 Å². The van der Waals surface area contributed by atoms with E-state index in [-0.39, 0.29) is 12.0 Å². The number of aliphatic hydroxyl groups excluding tert-OH is 1. The van der Waals surface area contributed by atoms with Crippen molar-refractivity contribution in [3.05, 3.63) is 58.4 Å². The van der Waals surface area contributed by atoms with Crippen LogP contribution in [-0.4, -0.2) is 38.9 Å². The summed E-state index contributed by atoms with van der Waals surface area (Å²) in [4.78, 5) is 6.86. The lowest BCUT2D eigenvalue weighted by Crippen LogP contribution is -2.39. The van der Waals surface area contributed by atoms with Gasteiger partial charge in [-0.15, -0.1) is 0 Å². The molecule has 1 aliphatic rings. The fraction of sp³-hybridized carbons (Fsp3) is 0.400. The zero-order chi connectivity index (χ0) is 18.3. The van der Waals surface area contributed by atoms with Crippen molar-refractivity contribution in [1.82, 2.24) is 14.6 Å². The zero-order valence-electron chi connectivity index (χ0n) is 15.1. The van der Waals surface area contributed by atoms with Crippen molar-refractivity contribution in [2.45, 2.75) is 38.7 Å². The van der Waals surface area contributed by atoms with Crippen LogP contribution in [-0.2, 0) is 0 Å². The molecule has 0 spiro atoms. The van der Waals surface area contributed by atoms with Crippen LogP contribution in [0.5, 0.6) is 0 Å². The van der Waals surface area contributed by atoms with Crippen molar-refractivity contribution in [3.63, 3.8) is 0 Å². The van der Waals surface area contributed by atoms with E-state index in [2.05, 4.69) is 28.9 Å². The van der Waals surface area contributed by atoms with Crippen molar-refractivity contribution < 1.29 is 5.11 Å². The lowest BCUT2D eigenvalue weighted by atomic mass is 9.98. The molecule has 0 amide bonds. The van der Waals surface area contributed by atoms with Gasteiger partial charge in [0.05, 0.1) is 11.8 Å². The molecule has 0 aliphatic carbocycles. The first-order valence-corrected chi connectivity index (χ1v) is 9.45. The number of halogens is 1. The van der Waals surface area contributed by atoms with Crippen LogP contribution in [0.2, 0.25) is 5.02 Å². The molecule has 2 atom stereocenters. The van der Waals surface area contributed by atoms with Crippen molar-refractivity contribution in [3.8, 4) is 0 Å². The average Bonchev–Trinajstić information content (AvgIpc) is 3.05. The number of fused-ring (bicyclic) bond motifs is 1. The van der Waals surface area contributed by atoms with Crippen LogP contribution < -0.4 is 4.90 Å². The number of piperidine rings is 1. The van der Waals surface area contributed by atoms with E-state index >= 15 is 0 Å². The molecule has 1 aromatic carbocycles. The number of anilines is 1. The Morgan fingerprint density at radius 3 is 2.73 bits per heavy atom. The van der Waals surface area contributed by atoms with Gasteiger partial charge >= 0.3 is 0 Å². The first-order chi connectivity index (χ1) is 12.5. The van der Waals surface area contributed by atoms with Gasteiger partial charge in [-0.2, -0.15) is 9.61 Å². The number of nitrogens with zero attached hydrogens (tertiary/aromatic N) is 4. The van der Waals surface area contributed by atoms with Crippen LogP contribution >= 0.6 is 11.6 Å². The Labute approximate surface area is 158 Å². The molecule has 1 saturated heterocycles. The van der Waals surface area contributed by atoms with E-state index in [1.165, 1.54) is 5.56 Å². The Morgan fingerprint density at radius 2 is 2.00 bits per heavy atom. The Morgan fingerprint density at radius 1 is 1.23 bits per heavy atom. The maximum atomic E-state index is 10.0. The Balaban J connectivity index is 1.74. The van der Waals surface area contributed by atoms with E-state index in [0.717, 1.165) is 47.3 Å². The number of β-amino-alcohol motifs (C(OH)–C–C–N with tert-alkyl or cyclic N) is 1. The van der Waals surface area contributed by atoms with Gasteiger partial charge in [0.15, 0.2) is 5.65 Å². The molecule has 136 valence electrons. The smallest absolute Gasteiger partial charge is 0.157 e. The van der Waals surface area contributed by atoms with Crippen molar-refractivity contribution in [2.24, 2.45) is 0 Å². The Hall–Kier alpha value is -2.11. The molecule has 1 N–H and O–H groups in total. The second kappa shape index (κ2) is 6.89. The summed E-state index contributed by atoms with van der Waals surface area (Å²) in [6.45, 7) is 5.71. The summed E-state index contributed by atoms with van der Waals surface area (Å²) in [5.41, 5.74) is 3.95. The van der Waals surface area contributed by atoms with Gasteiger partial charge in [0.2, 0.25) is 0 Å². The monoisotopic (exact) mass is 370 g/mol. The van der Waals surface area contributed by atoms with Crippen molar-refractivity contribution in [1.29, 1.82) is 0 Å². The number of benzene rings is 1. The second-order valence-electron chi connectivity index (χ2n) is 7.11. The molecule has 1 unspecified atom stereocenters. The van der Waals surface area contributed by atoms with E-state index in [1.54, 1.807) is 0 Å². The van der Waals surface area contributed by atoms with E-state index in [4.69, 9.17) is 16.7 Å². The van der Waals surface area contributed by atoms with Gasteiger partial charge in [-0.3, -0.25) is 0 Å². The molecule has 5 nitrogen and oxygen atoms in total. The molecule has 0 saturated carbocycles. The molecule has 0 radical (unpaired) electrons. The largest absolute Gasteiger partial charge is 0.391 e. The highest BCUT2D eigenvalue weighted by atomic mass is 35.5. The highest BCUT2D eigenvalue weighted by Crippen LogP contribution is 2.28. The third-order valence-corrected chi connectivity index (χ3v) is 5.34. The third kappa shape index (κ3) is 3.29. The molecule has 4 rings (SSSR count). The van der Waals surface area contributed by atoms with E-state index in [0.29, 0.717) is 6.54 Å². The van der Waals surface area contributed by atoms with Crippen LogP contribution in [0.4, 0.5) is 5.82 Å². The summed E-state index contributed by atoms with van der Waals surface area (Å²) in [6, 6.07) is 12.0. The summed E-state index contributed by atoms with van der Waals surface area (Å²) in [7, 11) is 0. The lowest BCUT2D eigenvalue weighted by Gasteiger charge is -2.32. The molecule has 0 bridgehead atoms. The predicted molar refractivity (Wildman–Crippen MR) is 104 cm³/mol. The quantitative estimate of drug-likeness (QED) is 0.761. The zero-order valence-corrected chi connectivity index (χ0v) is 15.8. The number of hydrogen-bond donors (Lipinski definition) is 1. The van der Waals surface area contributed by atoms with Crippen molar-refractivity contribution >= 4 is 23.1 Å². The van der Waals surface area contributed by atoms with Crippen molar-refractivity contribution in [2.75, 3.05) is 18.0 Å². The molecule has 3 heterocycles. The minimum Gasteiger partial charge on any atom is -0.391 e. The Bertz CT molecular complexity index is 921. The van der Waals surface area contributed by atoms with Crippen LogP contribution in [0.15, 0.2) is 36.4 Å². The van der Waals surface area contributed by atoms with Crippen LogP contribution in [0, 0.1) is 6.92 Å². The summed E-state index contributed by atoms with van der Waals surface area (Å²) in [5.74, 6) is 1.15. The minimum atomic E-state index is -0.282. The van der Waals surface area contributed by atoms with E-state index in [1.807, 2.05) is 35.7 Å². The molecule has 26 heavy (non-hydrogen) atoms. The average molecular weight is 371 g/mol. The highest BCUT2D eigenvalue weighted by molar-refractivity contribution is 6.30. The number of aromatic nitrogens is 3. The Kier molecular flexibility index (Phi) is 4.59. The molecule has 1 fully saturated rings. The molecule has 3 aromatic rings. The highest BCUT2D eigenvalue weighted by Gasteiger charge is 2.22. The first-order valence-electron chi connectivity index (χ1n) is 9.07. The number of rotatable bonds is 3. The summed E-state index contributed by atoms with van der Waals surface area (Å²) >= 11 is 6.01. The molecule has 2 aromatic heterocycles. The minimum absolute atomic E-state index is 0.147. The second-order valence-corrected chi connectivity index (χ2v) is 7.55. The molecule has 1 aliphatic heterocycles. The van der Waals surface area contributed by atoms with Crippen LogP contribution in [0.25, 0.3) is 5.65 Å². The maximum Gasteiger partial charge on any atom is 0.157 e. The number of aliphatic hydroxyl groups is 1.